The predicted octanol–water partition coefficient (Wildman–Crippen LogP) is 3.71. The number of hydrogen-bond acceptors (Lipinski definition) is 7. The Kier molecular flexibility index (Phi) is 6.66. The van der Waals surface area contributed by atoms with Crippen LogP contribution >= 0.6 is 0 Å². The number of benzene rings is 2. The maximum Gasteiger partial charge on any atom is 0.263 e. The van der Waals surface area contributed by atoms with Crippen molar-refractivity contribution in [3.63, 3.8) is 0 Å². The van der Waals surface area contributed by atoms with E-state index in [2.05, 4.69) is 20.0 Å². The first-order valence-electron chi connectivity index (χ1n) is 9.33. The third-order valence-electron chi connectivity index (χ3n) is 4.23. The Bertz CT molecular complexity index is 1190. The second kappa shape index (κ2) is 9.40. The monoisotopic (exact) mass is 438 g/mol. The summed E-state index contributed by atoms with van der Waals surface area (Å²) in [4.78, 5) is 20.5. The number of anilines is 2. The summed E-state index contributed by atoms with van der Waals surface area (Å²) >= 11 is 0. The van der Waals surface area contributed by atoms with Gasteiger partial charge in [-0.2, -0.15) is 0 Å². The van der Waals surface area contributed by atoms with Crippen LogP contribution in [0.3, 0.4) is 0 Å². The minimum atomic E-state index is -3.79. The number of sulfonamides is 1. The molecule has 0 aliphatic heterocycles. The summed E-state index contributed by atoms with van der Waals surface area (Å²) in [7, 11) is -2.23. The first-order valence-corrected chi connectivity index (χ1v) is 10.8. The number of aromatic nitrogens is 2. The van der Waals surface area contributed by atoms with Crippen LogP contribution in [0.2, 0.25) is 0 Å². The summed E-state index contributed by atoms with van der Waals surface area (Å²) in [5, 5.41) is 2.95. The zero-order chi connectivity index (χ0) is 22.4. The number of ether oxygens (including phenoxy) is 1. The number of allylic oxidation sites excluding steroid dienone is 1. The van der Waals surface area contributed by atoms with Gasteiger partial charge in [0.25, 0.3) is 10.0 Å². The molecule has 0 saturated carbocycles. The molecule has 3 aromatic rings. The van der Waals surface area contributed by atoms with E-state index in [1.54, 1.807) is 63.4 Å². The first kappa shape index (κ1) is 22.0. The van der Waals surface area contributed by atoms with Gasteiger partial charge in [0.05, 0.1) is 12.0 Å². The van der Waals surface area contributed by atoms with Crippen LogP contribution in [0.15, 0.2) is 71.8 Å². The average Bonchev–Trinajstić information content (AvgIpc) is 2.73. The highest BCUT2D eigenvalue weighted by atomic mass is 32.2. The molecule has 0 aliphatic rings. The van der Waals surface area contributed by atoms with E-state index >= 15 is 0 Å². The van der Waals surface area contributed by atoms with Gasteiger partial charge in [0.1, 0.15) is 17.4 Å². The third-order valence-corrected chi connectivity index (χ3v) is 5.60. The van der Waals surface area contributed by atoms with Gasteiger partial charge in [-0.3, -0.25) is 9.52 Å². The van der Waals surface area contributed by atoms with Gasteiger partial charge in [0.15, 0.2) is 5.78 Å². The Balaban J connectivity index is 1.63. The first-order chi connectivity index (χ1) is 14.8. The Labute approximate surface area is 181 Å². The lowest BCUT2D eigenvalue weighted by Crippen LogP contribution is -2.14. The fraction of sp³-hybridized carbons (Fsp3) is 0.136. The number of ketones is 1. The molecule has 2 N–H and O–H groups in total. The molecule has 3 rings (SSSR count). The highest BCUT2D eigenvalue weighted by Gasteiger charge is 2.15. The zero-order valence-electron chi connectivity index (χ0n) is 17.3. The van der Waals surface area contributed by atoms with E-state index in [0.717, 1.165) is 0 Å². The summed E-state index contributed by atoms with van der Waals surface area (Å²) in [6, 6.07) is 14.5. The number of carbonyl (C=O) groups excluding carboxylic acids is 1. The van der Waals surface area contributed by atoms with E-state index in [9.17, 15) is 13.2 Å². The smallest absolute Gasteiger partial charge is 0.263 e. The van der Waals surface area contributed by atoms with Gasteiger partial charge in [-0.1, -0.05) is 0 Å². The van der Waals surface area contributed by atoms with Crippen molar-refractivity contribution in [1.82, 2.24) is 9.97 Å². The van der Waals surface area contributed by atoms with Crippen molar-refractivity contribution < 1.29 is 17.9 Å². The van der Waals surface area contributed by atoms with E-state index in [1.807, 2.05) is 0 Å². The maximum absolute atomic E-state index is 12.6. The summed E-state index contributed by atoms with van der Waals surface area (Å²) in [5.74, 6) is 1.20. The fourth-order valence-corrected chi connectivity index (χ4v) is 3.75. The van der Waals surface area contributed by atoms with E-state index in [4.69, 9.17) is 4.74 Å². The number of nitrogens with one attached hydrogen (secondary N) is 2. The van der Waals surface area contributed by atoms with Crippen molar-refractivity contribution in [2.45, 2.75) is 18.7 Å². The SMILES string of the molecule is COc1ccc(C(=O)/C=C\Nc2ccc(S(=O)(=O)Nc3cc(C)nc(C)n3)cc2)cc1. The molecule has 0 aliphatic carbocycles. The van der Waals surface area contributed by atoms with Crippen LogP contribution in [-0.2, 0) is 10.0 Å². The lowest BCUT2D eigenvalue weighted by atomic mass is 10.1. The average molecular weight is 439 g/mol. The van der Waals surface area contributed by atoms with E-state index in [1.165, 1.54) is 24.4 Å². The minimum Gasteiger partial charge on any atom is -0.497 e. The topological polar surface area (TPSA) is 110 Å². The van der Waals surface area contributed by atoms with Crippen LogP contribution in [0.5, 0.6) is 5.75 Å². The molecular formula is C22H22N4O4S. The Hall–Kier alpha value is -3.72. The zero-order valence-corrected chi connectivity index (χ0v) is 18.1. The summed E-state index contributed by atoms with van der Waals surface area (Å²) < 4.78 is 32.7. The van der Waals surface area contributed by atoms with Crippen molar-refractivity contribution >= 4 is 27.3 Å². The van der Waals surface area contributed by atoms with Gasteiger partial charge in [0, 0.05) is 35.3 Å². The van der Waals surface area contributed by atoms with E-state index in [-0.39, 0.29) is 16.5 Å². The summed E-state index contributed by atoms with van der Waals surface area (Å²) in [5.41, 5.74) is 1.83. The van der Waals surface area contributed by atoms with Crippen LogP contribution < -0.4 is 14.8 Å². The molecule has 0 bridgehead atoms. The highest BCUT2D eigenvalue weighted by Crippen LogP contribution is 2.18. The minimum absolute atomic E-state index is 0.0882. The predicted molar refractivity (Wildman–Crippen MR) is 119 cm³/mol. The standard InChI is InChI=1S/C22H22N4O4S/c1-15-14-22(25-16(2)24-15)26-31(28,29)20-10-6-18(7-11-20)23-13-12-21(27)17-4-8-19(30-3)9-5-17/h4-14,23H,1-3H3,(H,24,25,26)/b13-12-. The molecule has 160 valence electrons. The van der Waals surface area contributed by atoms with Crippen LogP contribution in [0.25, 0.3) is 0 Å². The van der Waals surface area contributed by atoms with Crippen LogP contribution in [0.1, 0.15) is 21.9 Å². The lowest BCUT2D eigenvalue weighted by Gasteiger charge is -2.09. The van der Waals surface area contributed by atoms with Gasteiger partial charge in [-0.05, 0) is 62.4 Å². The molecule has 0 fully saturated rings. The molecule has 1 aromatic heterocycles. The second-order valence-electron chi connectivity index (χ2n) is 6.64. The van der Waals surface area contributed by atoms with Crippen molar-refractivity contribution in [3.05, 3.63) is 84.0 Å². The number of carbonyl (C=O) groups is 1. The van der Waals surface area contributed by atoms with Gasteiger partial charge >= 0.3 is 0 Å². The van der Waals surface area contributed by atoms with Gasteiger partial charge in [-0.25, -0.2) is 18.4 Å². The third kappa shape index (κ3) is 5.89. The molecule has 9 heteroatoms. The van der Waals surface area contributed by atoms with Crippen molar-refractivity contribution in [1.29, 1.82) is 0 Å². The molecule has 0 unspecified atom stereocenters. The maximum atomic E-state index is 12.6. The molecule has 8 nitrogen and oxygen atoms in total. The number of aryl methyl sites for hydroxylation is 2. The Morgan fingerprint density at radius 2 is 1.68 bits per heavy atom. The second-order valence-corrected chi connectivity index (χ2v) is 8.32. The molecule has 0 amide bonds. The largest absolute Gasteiger partial charge is 0.497 e. The van der Waals surface area contributed by atoms with Crippen molar-refractivity contribution in [2.75, 3.05) is 17.1 Å². The number of hydrogen-bond donors (Lipinski definition) is 2. The van der Waals surface area contributed by atoms with Gasteiger partial charge < -0.3 is 10.1 Å². The fourth-order valence-electron chi connectivity index (χ4n) is 2.76. The van der Waals surface area contributed by atoms with E-state index < -0.39 is 10.0 Å². The molecule has 0 spiro atoms. The lowest BCUT2D eigenvalue weighted by molar-refractivity contribution is 0.104. The van der Waals surface area contributed by atoms with Crippen molar-refractivity contribution in [2.24, 2.45) is 0 Å². The molecule has 2 aromatic carbocycles. The molecule has 0 radical (unpaired) electrons. The summed E-state index contributed by atoms with van der Waals surface area (Å²) in [6.07, 6.45) is 2.90. The van der Waals surface area contributed by atoms with Crippen molar-refractivity contribution in [3.8, 4) is 5.75 Å². The van der Waals surface area contributed by atoms with Gasteiger partial charge in [0.2, 0.25) is 0 Å². The normalized spacial score (nSPS) is 11.3. The van der Waals surface area contributed by atoms with E-state index in [0.29, 0.717) is 28.5 Å². The molecule has 0 saturated heterocycles. The highest BCUT2D eigenvalue weighted by molar-refractivity contribution is 7.92. The molecule has 31 heavy (non-hydrogen) atoms. The quantitative estimate of drug-likeness (QED) is 0.407. The van der Waals surface area contributed by atoms with Crippen LogP contribution in [0.4, 0.5) is 11.5 Å². The van der Waals surface area contributed by atoms with Crippen LogP contribution in [0, 0.1) is 13.8 Å². The molecule has 0 atom stereocenters. The molecule has 1 heterocycles. The summed E-state index contributed by atoms with van der Waals surface area (Å²) in [6.45, 7) is 3.46. The number of rotatable bonds is 8. The molecular weight excluding hydrogens is 416 g/mol. The van der Waals surface area contributed by atoms with Crippen LogP contribution in [-0.4, -0.2) is 31.3 Å². The number of nitrogens with zero attached hydrogens (tertiary/aromatic N) is 2. The Morgan fingerprint density at radius 1 is 1.00 bits per heavy atom. The Morgan fingerprint density at radius 3 is 2.29 bits per heavy atom. The number of methoxy groups -OCH3 is 1. The van der Waals surface area contributed by atoms with Gasteiger partial charge in [-0.15, -0.1) is 0 Å².